The number of thiophene rings is 1. The molecule has 136 valence electrons. The van der Waals surface area contributed by atoms with Crippen molar-refractivity contribution in [1.29, 1.82) is 0 Å². The van der Waals surface area contributed by atoms with Crippen molar-refractivity contribution in [3.8, 4) is 0 Å². The van der Waals surface area contributed by atoms with Crippen molar-refractivity contribution in [2.75, 3.05) is 24.5 Å². The summed E-state index contributed by atoms with van der Waals surface area (Å²) in [7, 11) is 0. The van der Waals surface area contributed by atoms with Crippen molar-refractivity contribution in [2.45, 2.75) is 19.3 Å². The molecule has 4 rings (SSSR count). The molecule has 26 heavy (non-hydrogen) atoms. The zero-order valence-corrected chi connectivity index (χ0v) is 15.9. The van der Waals surface area contributed by atoms with Crippen LogP contribution in [0.4, 0.5) is 9.52 Å². The second-order valence-corrected chi connectivity index (χ2v) is 8.53. The first kappa shape index (κ1) is 17.4. The van der Waals surface area contributed by atoms with Gasteiger partial charge in [-0.15, -0.1) is 11.3 Å². The zero-order valence-electron chi connectivity index (χ0n) is 14.3. The molecule has 1 fully saturated rings. The Hall–Kier alpha value is -1.99. The Balaban J connectivity index is 1.38. The van der Waals surface area contributed by atoms with Crippen LogP contribution in [0.1, 0.15) is 17.7 Å². The second-order valence-electron chi connectivity index (χ2n) is 6.49. The highest BCUT2D eigenvalue weighted by Gasteiger charge is 2.27. The number of halogens is 1. The number of nitrogens with one attached hydrogen (secondary N) is 1. The standard InChI is InChI=1S/C19H20FN3OS2/c20-15-6-1-7-16-17(15)22-19(26-16)23-10-2-4-13(12-23)18(24)21-9-8-14-5-3-11-25-14/h1,3,5-7,11,13H,2,4,8-10,12H2,(H,21,24). The number of hydrogen-bond acceptors (Lipinski definition) is 5. The van der Waals surface area contributed by atoms with Crippen LogP contribution in [-0.4, -0.2) is 30.5 Å². The molecule has 0 spiro atoms. The molecule has 7 heteroatoms. The van der Waals surface area contributed by atoms with Gasteiger partial charge in [-0.1, -0.05) is 23.5 Å². The number of carbonyl (C=O) groups excluding carboxylic acids is 1. The van der Waals surface area contributed by atoms with E-state index in [2.05, 4.69) is 26.6 Å². The highest BCUT2D eigenvalue weighted by Crippen LogP contribution is 2.32. The number of para-hydroxylation sites is 1. The summed E-state index contributed by atoms with van der Waals surface area (Å²) >= 11 is 3.21. The SMILES string of the molecule is O=C(NCCc1cccs1)C1CCCN(c2nc3c(F)cccc3s2)C1. The fourth-order valence-electron chi connectivity index (χ4n) is 3.31. The average molecular weight is 390 g/mol. The molecule has 0 aliphatic carbocycles. The number of anilines is 1. The minimum absolute atomic E-state index is 0.0380. The lowest BCUT2D eigenvalue weighted by molar-refractivity contribution is -0.125. The van der Waals surface area contributed by atoms with Crippen molar-refractivity contribution in [3.63, 3.8) is 0 Å². The highest BCUT2D eigenvalue weighted by atomic mass is 32.1. The van der Waals surface area contributed by atoms with Crippen LogP contribution in [0.3, 0.4) is 0 Å². The zero-order chi connectivity index (χ0) is 17.9. The molecule has 1 N–H and O–H groups in total. The summed E-state index contributed by atoms with van der Waals surface area (Å²) in [6, 6.07) is 9.15. The Morgan fingerprint density at radius 1 is 1.35 bits per heavy atom. The van der Waals surface area contributed by atoms with Crippen LogP contribution >= 0.6 is 22.7 Å². The van der Waals surface area contributed by atoms with Crippen LogP contribution in [0.2, 0.25) is 0 Å². The molecule has 0 bridgehead atoms. The first-order valence-corrected chi connectivity index (χ1v) is 10.5. The van der Waals surface area contributed by atoms with Gasteiger partial charge in [0.1, 0.15) is 11.3 Å². The first-order chi connectivity index (χ1) is 12.7. The smallest absolute Gasteiger partial charge is 0.224 e. The lowest BCUT2D eigenvalue weighted by Gasteiger charge is -2.31. The fraction of sp³-hybridized carbons (Fsp3) is 0.368. The summed E-state index contributed by atoms with van der Waals surface area (Å²) in [6.07, 6.45) is 2.71. The van der Waals surface area contributed by atoms with Gasteiger partial charge in [-0.05, 0) is 42.8 Å². The van der Waals surface area contributed by atoms with E-state index in [1.165, 1.54) is 22.3 Å². The monoisotopic (exact) mass is 389 g/mol. The molecule has 4 nitrogen and oxygen atoms in total. The third kappa shape index (κ3) is 3.73. The van der Waals surface area contributed by atoms with Gasteiger partial charge in [0.15, 0.2) is 5.13 Å². The highest BCUT2D eigenvalue weighted by molar-refractivity contribution is 7.22. The third-order valence-corrected chi connectivity index (χ3v) is 6.69. The largest absolute Gasteiger partial charge is 0.355 e. The number of rotatable bonds is 5. The molecule has 1 atom stereocenters. The van der Waals surface area contributed by atoms with Gasteiger partial charge in [0.05, 0.1) is 10.6 Å². The van der Waals surface area contributed by atoms with E-state index >= 15 is 0 Å². The summed E-state index contributed by atoms with van der Waals surface area (Å²) in [5.41, 5.74) is 0.426. The number of benzene rings is 1. The minimum Gasteiger partial charge on any atom is -0.355 e. The average Bonchev–Trinajstić information content (AvgIpc) is 3.32. The number of aromatic nitrogens is 1. The minimum atomic E-state index is -0.287. The molecule has 1 amide bonds. The van der Waals surface area contributed by atoms with Crippen LogP contribution in [0.15, 0.2) is 35.7 Å². The van der Waals surface area contributed by atoms with E-state index in [1.807, 2.05) is 12.1 Å². The van der Waals surface area contributed by atoms with Crippen LogP contribution in [-0.2, 0) is 11.2 Å². The van der Waals surface area contributed by atoms with E-state index in [-0.39, 0.29) is 17.6 Å². The molecule has 1 aliphatic rings. The van der Waals surface area contributed by atoms with Gasteiger partial charge in [-0.25, -0.2) is 9.37 Å². The Morgan fingerprint density at radius 2 is 2.27 bits per heavy atom. The summed E-state index contributed by atoms with van der Waals surface area (Å²) in [5, 5.41) is 5.92. The van der Waals surface area contributed by atoms with Gasteiger partial charge < -0.3 is 10.2 Å². The first-order valence-electron chi connectivity index (χ1n) is 8.81. The Labute approximate surface area is 159 Å². The number of piperidine rings is 1. The van der Waals surface area contributed by atoms with Crippen molar-refractivity contribution in [2.24, 2.45) is 5.92 Å². The van der Waals surface area contributed by atoms with Gasteiger partial charge >= 0.3 is 0 Å². The third-order valence-electron chi connectivity index (χ3n) is 4.67. The normalized spacial score (nSPS) is 17.6. The maximum atomic E-state index is 13.9. The number of carbonyl (C=O) groups is 1. The molecule has 3 aromatic rings. The van der Waals surface area contributed by atoms with Crippen molar-refractivity contribution in [3.05, 3.63) is 46.4 Å². The molecular formula is C19H20FN3OS2. The summed E-state index contributed by atoms with van der Waals surface area (Å²) < 4.78 is 14.7. The van der Waals surface area contributed by atoms with Gasteiger partial charge in [-0.3, -0.25) is 4.79 Å². The Kier molecular flexibility index (Phi) is 5.17. The number of amides is 1. The van der Waals surface area contributed by atoms with Crippen LogP contribution in [0.5, 0.6) is 0 Å². The number of fused-ring (bicyclic) bond motifs is 1. The van der Waals surface area contributed by atoms with E-state index in [9.17, 15) is 9.18 Å². The summed E-state index contributed by atoms with van der Waals surface area (Å²) in [5.74, 6) is -0.215. The lowest BCUT2D eigenvalue weighted by atomic mass is 9.97. The Morgan fingerprint density at radius 3 is 3.08 bits per heavy atom. The molecule has 1 aliphatic heterocycles. The fourth-order valence-corrected chi connectivity index (χ4v) is 5.04. The second kappa shape index (κ2) is 7.72. The van der Waals surface area contributed by atoms with Gasteiger partial charge in [0.25, 0.3) is 0 Å². The molecule has 3 heterocycles. The predicted molar refractivity (Wildman–Crippen MR) is 106 cm³/mol. The maximum absolute atomic E-state index is 13.9. The van der Waals surface area contributed by atoms with Crippen LogP contribution in [0, 0.1) is 11.7 Å². The van der Waals surface area contributed by atoms with Gasteiger partial charge in [0.2, 0.25) is 5.91 Å². The molecule has 0 saturated carbocycles. The van der Waals surface area contributed by atoms with Crippen LogP contribution < -0.4 is 10.2 Å². The summed E-state index contributed by atoms with van der Waals surface area (Å²) in [4.78, 5) is 20.4. The molecule has 1 saturated heterocycles. The van der Waals surface area contributed by atoms with Gasteiger partial charge in [-0.2, -0.15) is 0 Å². The molecule has 1 aromatic carbocycles. The predicted octanol–water partition coefficient (Wildman–Crippen LogP) is 4.07. The van der Waals surface area contributed by atoms with E-state index in [4.69, 9.17) is 0 Å². The molecule has 2 aromatic heterocycles. The van der Waals surface area contributed by atoms with Crippen molar-refractivity contribution < 1.29 is 9.18 Å². The number of nitrogens with zero attached hydrogens (tertiary/aromatic N) is 2. The number of hydrogen-bond donors (Lipinski definition) is 1. The van der Waals surface area contributed by atoms with E-state index < -0.39 is 0 Å². The Bertz CT molecular complexity index is 893. The molecular weight excluding hydrogens is 369 g/mol. The topological polar surface area (TPSA) is 45.2 Å². The van der Waals surface area contributed by atoms with Crippen molar-refractivity contribution in [1.82, 2.24) is 10.3 Å². The quantitative estimate of drug-likeness (QED) is 0.715. The number of thiazole rings is 1. The van der Waals surface area contributed by atoms with E-state index in [0.29, 0.717) is 18.6 Å². The summed E-state index contributed by atoms with van der Waals surface area (Å²) in [6.45, 7) is 2.18. The maximum Gasteiger partial charge on any atom is 0.224 e. The van der Waals surface area contributed by atoms with E-state index in [0.717, 1.165) is 35.6 Å². The van der Waals surface area contributed by atoms with Crippen LogP contribution in [0.25, 0.3) is 10.2 Å². The van der Waals surface area contributed by atoms with Gasteiger partial charge in [0, 0.05) is 24.5 Å². The van der Waals surface area contributed by atoms with Crippen molar-refractivity contribution >= 4 is 43.9 Å². The molecule has 1 unspecified atom stereocenters. The molecule has 0 radical (unpaired) electrons. The lowest BCUT2D eigenvalue weighted by Crippen LogP contribution is -2.43. The van der Waals surface area contributed by atoms with E-state index in [1.54, 1.807) is 17.4 Å².